The summed E-state index contributed by atoms with van der Waals surface area (Å²) in [4.78, 5) is 9.70. The maximum absolute atomic E-state index is 6.03. The molecule has 2 aromatic heterocycles. The summed E-state index contributed by atoms with van der Waals surface area (Å²) in [5, 5.41) is 0.593. The second kappa shape index (κ2) is 2.91. The van der Waals surface area contributed by atoms with Gasteiger partial charge in [-0.05, 0) is 31.2 Å². The molecule has 0 N–H and O–H groups in total. The van der Waals surface area contributed by atoms with Crippen molar-refractivity contribution in [2.45, 2.75) is 25.7 Å². The number of halogens is 1. The first-order valence-electron chi connectivity index (χ1n) is 4.67. The quantitative estimate of drug-likeness (QED) is 0.693. The van der Waals surface area contributed by atoms with Crippen molar-refractivity contribution < 1.29 is 0 Å². The highest BCUT2D eigenvalue weighted by molar-refractivity contribution is 7.19. The Kier molecular flexibility index (Phi) is 1.79. The lowest BCUT2D eigenvalue weighted by Gasteiger charge is -1.96. The fraction of sp³-hybridized carbons (Fsp3) is 0.400. The third-order valence-electron chi connectivity index (χ3n) is 2.64. The molecule has 2 nitrogen and oxygen atoms in total. The van der Waals surface area contributed by atoms with E-state index in [0.29, 0.717) is 5.15 Å². The van der Waals surface area contributed by atoms with Crippen molar-refractivity contribution in [3.05, 3.63) is 21.9 Å². The van der Waals surface area contributed by atoms with Gasteiger partial charge in [-0.2, -0.15) is 0 Å². The molecule has 1 saturated carbocycles. The second-order valence-electron chi connectivity index (χ2n) is 3.69. The van der Waals surface area contributed by atoms with Crippen molar-refractivity contribution in [3.63, 3.8) is 0 Å². The predicted molar refractivity (Wildman–Crippen MR) is 59.1 cm³/mol. The van der Waals surface area contributed by atoms with Gasteiger partial charge in [-0.3, -0.25) is 0 Å². The summed E-state index contributed by atoms with van der Waals surface area (Å²) in [7, 11) is 0. The summed E-state index contributed by atoms with van der Waals surface area (Å²) in [6.07, 6.45) is 4.16. The van der Waals surface area contributed by atoms with Crippen LogP contribution in [0.5, 0.6) is 0 Å². The Bertz CT molecular complexity index is 502. The lowest BCUT2D eigenvalue weighted by atomic mass is 10.1. The number of hydrogen-bond donors (Lipinski definition) is 0. The molecule has 2 heterocycles. The largest absolute Gasteiger partial charge is 0.235 e. The summed E-state index contributed by atoms with van der Waals surface area (Å²) in [5.41, 5.74) is 2.49. The molecule has 0 spiro atoms. The minimum atomic E-state index is 0.593. The van der Waals surface area contributed by atoms with Crippen LogP contribution in [0, 0.1) is 6.92 Å². The molecule has 0 atom stereocenters. The summed E-state index contributed by atoms with van der Waals surface area (Å²) in [5.74, 6) is 0.731. The minimum Gasteiger partial charge on any atom is -0.235 e. The van der Waals surface area contributed by atoms with Crippen molar-refractivity contribution in [2.75, 3.05) is 0 Å². The summed E-state index contributed by atoms with van der Waals surface area (Å²) >= 11 is 7.74. The number of fused-ring (bicyclic) bond motifs is 1. The van der Waals surface area contributed by atoms with E-state index >= 15 is 0 Å². The van der Waals surface area contributed by atoms with Gasteiger partial charge in [-0.15, -0.1) is 11.3 Å². The second-order valence-corrected chi connectivity index (χ2v) is 5.27. The van der Waals surface area contributed by atoms with Gasteiger partial charge in [0.25, 0.3) is 0 Å². The van der Waals surface area contributed by atoms with E-state index in [1.165, 1.54) is 23.3 Å². The molecule has 72 valence electrons. The number of nitrogens with zero attached hydrogens (tertiary/aromatic N) is 2. The van der Waals surface area contributed by atoms with Crippen LogP contribution in [0.15, 0.2) is 6.33 Å². The van der Waals surface area contributed by atoms with Crippen LogP contribution in [0.4, 0.5) is 0 Å². The first-order chi connectivity index (χ1) is 6.77. The third kappa shape index (κ3) is 1.16. The molecule has 1 aliphatic rings. The molecule has 4 heteroatoms. The van der Waals surface area contributed by atoms with Gasteiger partial charge in [0.05, 0.1) is 10.2 Å². The van der Waals surface area contributed by atoms with E-state index in [-0.39, 0.29) is 0 Å². The fourth-order valence-corrected chi connectivity index (χ4v) is 3.19. The molecular weight excluding hydrogens is 216 g/mol. The van der Waals surface area contributed by atoms with Gasteiger partial charge in [0.1, 0.15) is 11.5 Å². The lowest BCUT2D eigenvalue weighted by molar-refractivity contribution is 1.12. The molecule has 0 bridgehead atoms. The summed E-state index contributed by atoms with van der Waals surface area (Å²) in [6, 6.07) is 0. The number of thiophene rings is 1. The Labute approximate surface area is 90.9 Å². The van der Waals surface area contributed by atoms with Crippen LogP contribution in [-0.2, 0) is 0 Å². The number of aryl methyl sites for hydroxylation is 1. The van der Waals surface area contributed by atoms with Gasteiger partial charge in [0, 0.05) is 4.88 Å². The zero-order valence-corrected chi connectivity index (χ0v) is 9.32. The molecule has 0 aromatic carbocycles. The van der Waals surface area contributed by atoms with E-state index in [4.69, 9.17) is 11.6 Å². The third-order valence-corrected chi connectivity index (χ3v) is 4.15. The summed E-state index contributed by atoms with van der Waals surface area (Å²) < 4.78 is 1.05. The molecule has 1 aliphatic carbocycles. The van der Waals surface area contributed by atoms with Gasteiger partial charge in [-0.1, -0.05) is 11.6 Å². The van der Waals surface area contributed by atoms with Crippen LogP contribution in [0.2, 0.25) is 5.15 Å². The van der Waals surface area contributed by atoms with E-state index < -0.39 is 0 Å². The van der Waals surface area contributed by atoms with Gasteiger partial charge < -0.3 is 0 Å². The zero-order valence-electron chi connectivity index (χ0n) is 7.75. The van der Waals surface area contributed by atoms with Gasteiger partial charge in [0.2, 0.25) is 0 Å². The van der Waals surface area contributed by atoms with Crippen LogP contribution in [0.3, 0.4) is 0 Å². The molecule has 0 radical (unpaired) electrons. The maximum atomic E-state index is 6.03. The normalized spacial score (nSPS) is 16.4. The Hall–Kier alpha value is -0.670. The predicted octanol–water partition coefficient (Wildman–Crippen LogP) is 3.53. The molecule has 14 heavy (non-hydrogen) atoms. The highest BCUT2D eigenvalue weighted by Gasteiger charge is 2.29. The standard InChI is InChI=1S/C10H9ClN2S/c1-5-7(6-2-3-6)8-9(14-5)10(11)13-4-12-8/h4,6H,2-3H2,1H3. The number of aromatic nitrogens is 2. The highest BCUT2D eigenvalue weighted by atomic mass is 35.5. The average molecular weight is 225 g/mol. The van der Waals surface area contributed by atoms with E-state index in [1.54, 1.807) is 17.7 Å². The minimum absolute atomic E-state index is 0.593. The van der Waals surface area contributed by atoms with Crippen molar-refractivity contribution in [3.8, 4) is 0 Å². The molecule has 0 saturated heterocycles. The Morgan fingerprint density at radius 1 is 1.43 bits per heavy atom. The Balaban J connectivity index is 2.37. The van der Waals surface area contributed by atoms with Crippen molar-refractivity contribution in [1.29, 1.82) is 0 Å². The SMILES string of the molecule is Cc1sc2c(Cl)ncnc2c1C1CC1. The van der Waals surface area contributed by atoms with Gasteiger partial charge >= 0.3 is 0 Å². The molecule has 0 unspecified atom stereocenters. The smallest absolute Gasteiger partial charge is 0.150 e. The number of hydrogen-bond acceptors (Lipinski definition) is 3. The molecule has 0 amide bonds. The van der Waals surface area contributed by atoms with Crippen molar-refractivity contribution >= 4 is 33.2 Å². The van der Waals surface area contributed by atoms with Crippen LogP contribution in [0.1, 0.15) is 29.2 Å². The van der Waals surface area contributed by atoms with Gasteiger partial charge in [0.15, 0.2) is 0 Å². The van der Waals surface area contributed by atoms with E-state index in [0.717, 1.165) is 16.1 Å². The van der Waals surface area contributed by atoms with E-state index in [2.05, 4.69) is 16.9 Å². The van der Waals surface area contributed by atoms with E-state index in [9.17, 15) is 0 Å². The first kappa shape index (κ1) is 8.62. The fourth-order valence-electron chi connectivity index (χ4n) is 1.86. The molecule has 1 fully saturated rings. The summed E-state index contributed by atoms with van der Waals surface area (Å²) in [6.45, 7) is 2.15. The first-order valence-corrected chi connectivity index (χ1v) is 5.86. The molecule has 2 aromatic rings. The molecular formula is C10H9ClN2S. The monoisotopic (exact) mass is 224 g/mol. The topological polar surface area (TPSA) is 25.8 Å². The van der Waals surface area contributed by atoms with Crippen molar-refractivity contribution in [1.82, 2.24) is 9.97 Å². The lowest BCUT2D eigenvalue weighted by Crippen LogP contribution is -1.84. The van der Waals surface area contributed by atoms with Crippen LogP contribution >= 0.6 is 22.9 Å². The Morgan fingerprint density at radius 3 is 2.93 bits per heavy atom. The van der Waals surface area contributed by atoms with Crippen molar-refractivity contribution in [2.24, 2.45) is 0 Å². The molecule has 0 aliphatic heterocycles. The van der Waals surface area contributed by atoms with Crippen LogP contribution in [0.25, 0.3) is 10.2 Å². The van der Waals surface area contributed by atoms with Crippen LogP contribution < -0.4 is 0 Å². The van der Waals surface area contributed by atoms with E-state index in [1.807, 2.05) is 0 Å². The molecule has 3 rings (SSSR count). The van der Waals surface area contributed by atoms with Gasteiger partial charge in [-0.25, -0.2) is 9.97 Å². The maximum Gasteiger partial charge on any atom is 0.150 e. The number of rotatable bonds is 1. The highest BCUT2D eigenvalue weighted by Crippen LogP contribution is 2.47. The zero-order chi connectivity index (χ0) is 9.71. The average Bonchev–Trinajstić information content (AvgIpc) is 2.91. The Morgan fingerprint density at radius 2 is 2.21 bits per heavy atom. The van der Waals surface area contributed by atoms with Crippen LogP contribution in [-0.4, -0.2) is 9.97 Å².